The Morgan fingerprint density at radius 1 is 1.28 bits per heavy atom. The summed E-state index contributed by atoms with van der Waals surface area (Å²) in [5.74, 6) is -0.534. The Morgan fingerprint density at radius 3 is 2.69 bits per heavy atom. The molecular formula is C21H24ClNO6. The van der Waals surface area contributed by atoms with Gasteiger partial charge in [0, 0.05) is 28.6 Å². The highest BCUT2D eigenvalue weighted by molar-refractivity contribution is 6.32. The van der Waals surface area contributed by atoms with E-state index in [1.165, 1.54) is 11.0 Å². The summed E-state index contributed by atoms with van der Waals surface area (Å²) in [5.41, 5.74) is 0.453. The van der Waals surface area contributed by atoms with Crippen LogP contribution in [0.2, 0.25) is 5.02 Å². The zero-order valence-electron chi connectivity index (χ0n) is 16.9. The van der Waals surface area contributed by atoms with Crippen molar-refractivity contribution in [1.82, 2.24) is 4.90 Å². The van der Waals surface area contributed by atoms with Crippen LogP contribution in [0.15, 0.2) is 27.4 Å². The lowest BCUT2D eigenvalue weighted by Gasteiger charge is -2.27. The number of likely N-dealkylation sites (tertiary alicyclic amines) is 1. The summed E-state index contributed by atoms with van der Waals surface area (Å²) < 4.78 is 16.0. The molecule has 29 heavy (non-hydrogen) atoms. The first kappa shape index (κ1) is 21.2. The Morgan fingerprint density at radius 2 is 2.00 bits per heavy atom. The molecule has 0 radical (unpaired) electrons. The minimum atomic E-state index is -0.706. The van der Waals surface area contributed by atoms with E-state index in [1.54, 1.807) is 39.8 Å². The number of carbonyl (C=O) groups excluding carboxylic acids is 2. The molecule has 1 saturated heterocycles. The predicted molar refractivity (Wildman–Crippen MR) is 108 cm³/mol. The number of rotatable bonds is 3. The molecule has 1 fully saturated rings. The summed E-state index contributed by atoms with van der Waals surface area (Å²) in [4.78, 5) is 38.3. The summed E-state index contributed by atoms with van der Waals surface area (Å²) in [7, 11) is 0. The molecule has 1 aliphatic rings. The molecule has 0 saturated carbocycles. The molecule has 2 aromatic rings. The third-order valence-corrected chi connectivity index (χ3v) is 5.04. The van der Waals surface area contributed by atoms with Crippen molar-refractivity contribution < 1.29 is 23.5 Å². The van der Waals surface area contributed by atoms with Crippen LogP contribution < -0.4 is 5.63 Å². The van der Waals surface area contributed by atoms with Crippen molar-refractivity contribution in [3.8, 4) is 0 Å². The lowest BCUT2D eigenvalue weighted by atomic mass is 10.1. The van der Waals surface area contributed by atoms with Crippen LogP contribution in [0.5, 0.6) is 0 Å². The molecule has 1 aliphatic heterocycles. The smallest absolute Gasteiger partial charge is 0.411 e. The average molecular weight is 422 g/mol. The van der Waals surface area contributed by atoms with E-state index >= 15 is 0 Å². The fourth-order valence-corrected chi connectivity index (χ4v) is 3.43. The fraction of sp³-hybridized carbons (Fsp3) is 0.476. The maximum absolute atomic E-state index is 12.6. The van der Waals surface area contributed by atoms with E-state index in [1.807, 2.05) is 0 Å². The van der Waals surface area contributed by atoms with Crippen LogP contribution in [0.3, 0.4) is 0 Å². The molecule has 1 atom stereocenters. The van der Waals surface area contributed by atoms with Gasteiger partial charge in [0.15, 0.2) is 0 Å². The highest BCUT2D eigenvalue weighted by Gasteiger charge is 2.37. The van der Waals surface area contributed by atoms with Crippen LogP contribution >= 0.6 is 11.6 Å². The zero-order valence-corrected chi connectivity index (χ0v) is 17.7. The number of benzene rings is 1. The van der Waals surface area contributed by atoms with Gasteiger partial charge in [-0.15, -0.1) is 0 Å². The van der Waals surface area contributed by atoms with Gasteiger partial charge in [0.2, 0.25) is 0 Å². The van der Waals surface area contributed by atoms with E-state index in [4.69, 9.17) is 25.5 Å². The van der Waals surface area contributed by atoms with E-state index in [0.29, 0.717) is 40.9 Å². The topological polar surface area (TPSA) is 86.0 Å². The number of esters is 1. The minimum Gasteiger partial charge on any atom is -0.459 e. The number of hydrogen-bond acceptors (Lipinski definition) is 6. The lowest BCUT2D eigenvalue weighted by Crippen LogP contribution is -2.44. The molecule has 0 N–H and O–H groups in total. The maximum Gasteiger partial charge on any atom is 0.411 e. The molecule has 156 valence electrons. The van der Waals surface area contributed by atoms with Crippen LogP contribution in [0, 0.1) is 6.92 Å². The van der Waals surface area contributed by atoms with Gasteiger partial charge in [-0.3, -0.25) is 4.90 Å². The SMILES string of the molecule is Cc1cc2oc(=O)cc(COC(=O)[C@@H]3CCCN3C(=O)OC(C)(C)C)c2cc1Cl. The summed E-state index contributed by atoms with van der Waals surface area (Å²) in [5, 5.41) is 1.12. The maximum atomic E-state index is 12.6. The highest BCUT2D eigenvalue weighted by atomic mass is 35.5. The molecule has 0 spiro atoms. The molecule has 7 nitrogen and oxygen atoms in total. The number of aryl methyl sites for hydroxylation is 1. The number of halogens is 1. The summed E-state index contributed by atoms with van der Waals surface area (Å²) in [6, 6.07) is 3.93. The summed E-state index contributed by atoms with van der Waals surface area (Å²) in [6.07, 6.45) is 0.650. The second-order valence-corrected chi connectivity index (χ2v) is 8.53. The standard InChI is InChI=1S/C21H24ClNO6/c1-12-8-17-14(10-15(12)22)13(9-18(24)28-17)11-27-19(25)16-6-5-7-23(16)20(26)29-21(2,3)4/h8-10,16H,5-7,11H2,1-4H3/t16-/m0/s1. The van der Waals surface area contributed by atoms with E-state index in [9.17, 15) is 14.4 Å². The van der Waals surface area contributed by atoms with Crippen LogP contribution in [-0.4, -0.2) is 35.2 Å². The number of ether oxygens (including phenoxy) is 2. The van der Waals surface area contributed by atoms with Crippen LogP contribution in [0.1, 0.15) is 44.7 Å². The van der Waals surface area contributed by atoms with Crippen LogP contribution in [0.25, 0.3) is 11.0 Å². The van der Waals surface area contributed by atoms with Crippen molar-refractivity contribution in [1.29, 1.82) is 0 Å². The zero-order chi connectivity index (χ0) is 21.3. The molecule has 0 aliphatic carbocycles. The van der Waals surface area contributed by atoms with E-state index in [-0.39, 0.29) is 6.61 Å². The first-order valence-corrected chi connectivity index (χ1v) is 9.82. The van der Waals surface area contributed by atoms with Gasteiger partial charge < -0.3 is 13.9 Å². The average Bonchev–Trinajstić information content (AvgIpc) is 3.09. The molecule has 2 heterocycles. The molecule has 1 amide bonds. The van der Waals surface area contributed by atoms with E-state index in [0.717, 1.165) is 5.56 Å². The van der Waals surface area contributed by atoms with Gasteiger partial charge in [-0.05, 0) is 58.2 Å². The van der Waals surface area contributed by atoms with Crippen molar-refractivity contribution in [2.24, 2.45) is 0 Å². The molecular weight excluding hydrogens is 398 g/mol. The van der Waals surface area contributed by atoms with Crippen molar-refractivity contribution >= 4 is 34.6 Å². The third kappa shape index (κ3) is 4.90. The first-order chi connectivity index (χ1) is 13.5. The molecule has 8 heteroatoms. The fourth-order valence-electron chi connectivity index (χ4n) is 3.26. The number of carbonyl (C=O) groups is 2. The van der Waals surface area contributed by atoms with Gasteiger partial charge in [-0.2, -0.15) is 0 Å². The number of fused-ring (bicyclic) bond motifs is 1. The van der Waals surface area contributed by atoms with Crippen LogP contribution in [-0.2, 0) is 20.9 Å². The second-order valence-electron chi connectivity index (χ2n) is 8.13. The van der Waals surface area contributed by atoms with Gasteiger partial charge in [0.25, 0.3) is 0 Å². The van der Waals surface area contributed by atoms with E-state index < -0.39 is 29.3 Å². The summed E-state index contributed by atoms with van der Waals surface area (Å²) >= 11 is 6.19. The van der Waals surface area contributed by atoms with Crippen molar-refractivity contribution in [2.45, 2.75) is 58.8 Å². The van der Waals surface area contributed by atoms with Crippen molar-refractivity contribution in [3.05, 3.63) is 44.8 Å². The Hall–Kier alpha value is -2.54. The van der Waals surface area contributed by atoms with Gasteiger partial charge in [0.1, 0.15) is 23.8 Å². The first-order valence-electron chi connectivity index (χ1n) is 9.44. The van der Waals surface area contributed by atoms with Crippen molar-refractivity contribution in [3.63, 3.8) is 0 Å². The third-order valence-electron chi connectivity index (χ3n) is 4.63. The minimum absolute atomic E-state index is 0.126. The van der Waals surface area contributed by atoms with E-state index in [2.05, 4.69) is 0 Å². The number of hydrogen-bond donors (Lipinski definition) is 0. The van der Waals surface area contributed by atoms with Gasteiger partial charge in [0.05, 0.1) is 0 Å². The van der Waals surface area contributed by atoms with Gasteiger partial charge in [-0.25, -0.2) is 14.4 Å². The Bertz CT molecular complexity index is 1010. The molecule has 0 bridgehead atoms. The number of nitrogens with zero attached hydrogens (tertiary/aromatic N) is 1. The van der Waals surface area contributed by atoms with Gasteiger partial charge >= 0.3 is 17.7 Å². The normalized spacial score (nSPS) is 16.9. The quantitative estimate of drug-likeness (QED) is 0.545. The molecule has 1 aromatic carbocycles. The molecule has 1 aromatic heterocycles. The highest BCUT2D eigenvalue weighted by Crippen LogP contribution is 2.26. The predicted octanol–water partition coefficient (Wildman–Crippen LogP) is 4.20. The van der Waals surface area contributed by atoms with Crippen molar-refractivity contribution in [2.75, 3.05) is 6.54 Å². The Kier molecular flexibility index (Phi) is 5.89. The second kappa shape index (κ2) is 8.06. The lowest BCUT2D eigenvalue weighted by molar-refractivity contribution is -0.150. The number of amides is 1. The molecule has 3 rings (SSSR count). The Balaban J connectivity index is 1.76. The largest absolute Gasteiger partial charge is 0.459 e. The van der Waals surface area contributed by atoms with Gasteiger partial charge in [-0.1, -0.05) is 11.6 Å². The Labute approximate surface area is 173 Å². The summed E-state index contributed by atoms with van der Waals surface area (Å²) in [6.45, 7) is 7.42. The molecule has 0 unspecified atom stereocenters. The van der Waals surface area contributed by atoms with Crippen LogP contribution in [0.4, 0.5) is 4.79 Å². The monoisotopic (exact) mass is 421 g/mol.